The number of esters is 2. The van der Waals surface area contributed by atoms with Gasteiger partial charge in [0, 0.05) is 18.5 Å². The summed E-state index contributed by atoms with van der Waals surface area (Å²) in [5.74, 6) is -0.260. The molecular weight excluding hydrogens is 372 g/mol. The van der Waals surface area contributed by atoms with E-state index in [2.05, 4.69) is 14.7 Å². The Labute approximate surface area is 163 Å². The second-order valence-electron chi connectivity index (χ2n) is 5.87. The first-order valence-corrected chi connectivity index (χ1v) is 8.64. The van der Waals surface area contributed by atoms with Crippen LogP contribution in [0.1, 0.15) is 48.4 Å². The van der Waals surface area contributed by atoms with Crippen LogP contribution in [0.2, 0.25) is 5.15 Å². The van der Waals surface area contributed by atoms with Crippen molar-refractivity contribution in [3.8, 4) is 5.88 Å². The van der Waals surface area contributed by atoms with Crippen LogP contribution < -0.4 is 4.74 Å². The molecule has 0 radical (unpaired) electrons. The van der Waals surface area contributed by atoms with Gasteiger partial charge in [0.05, 0.1) is 30.4 Å². The summed E-state index contributed by atoms with van der Waals surface area (Å²) in [6.07, 6.45) is 2.77. The van der Waals surface area contributed by atoms with Crippen molar-refractivity contribution in [2.45, 2.75) is 39.9 Å². The van der Waals surface area contributed by atoms with Gasteiger partial charge in [0.25, 0.3) is 0 Å². The first kappa shape index (κ1) is 22.4. The lowest BCUT2D eigenvalue weighted by Crippen LogP contribution is -2.12. The van der Waals surface area contributed by atoms with Crippen LogP contribution >= 0.6 is 11.6 Å². The molecule has 2 heterocycles. The zero-order valence-corrected chi connectivity index (χ0v) is 16.7. The van der Waals surface area contributed by atoms with Crippen molar-refractivity contribution in [3.63, 3.8) is 0 Å². The quantitative estimate of drug-likeness (QED) is 0.560. The first-order chi connectivity index (χ1) is 12.7. The fourth-order valence-corrected chi connectivity index (χ4v) is 1.82. The van der Waals surface area contributed by atoms with Gasteiger partial charge in [-0.25, -0.2) is 19.6 Å². The maximum absolute atomic E-state index is 11.5. The second kappa shape index (κ2) is 11.1. The Morgan fingerprint density at radius 1 is 0.889 bits per heavy atom. The highest BCUT2D eigenvalue weighted by Crippen LogP contribution is 2.11. The summed E-state index contributed by atoms with van der Waals surface area (Å²) < 4.78 is 14.9. The highest BCUT2D eigenvalue weighted by Gasteiger charge is 2.10. The van der Waals surface area contributed by atoms with Gasteiger partial charge in [0.1, 0.15) is 5.15 Å². The number of pyridine rings is 2. The monoisotopic (exact) mass is 394 g/mol. The number of carbonyl (C=O) groups excluding carboxylic acids is 2. The van der Waals surface area contributed by atoms with Crippen molar-refractivity contribution >= 4 is 23.5 Å². The zero-order chi connectivity index (χ0) is 20.4. The highest BCUT2D eigenvalue weighted by molar-refractivity contribution is 6.29. The molecule has 0 saturated carbocycles. The Balaban J connectivity index is 0.000000289. The average molecular weight is 395 g/mol. The minimum absolute atomic E-state index is 0.0703. The van der Waals surface area contributed by atoms with Gasteiger partial charge >= 0.3 is 11.9 Å². The average Bonchev–Trinajstić information content (AvgIpc) is 2.61. The molecule has 8 heteroatoms. The number of rotatable bonds is 5. The highest BCUT2D eigenvalue weighted by atomic mass is 35.5. The third kappa shape index (κ3) is 8.50. The van der Waals surface area contributed by atoms with Gasteiger partial charge in [-0.2, -0.15) is 0 Å². The molecule has 0 bridgehead atoms. The van der Waals surface area contributed by atoms with E-state index >= 15 is 0 Å². The Bertz CT molecular complexity index is 731. The van der Waals surface area contributed by atoms with Gasteiger partial charge in [-0.1, -0.05) is 11.6 Å². The number of aromatic nitrogens is 2. The Hall–Kier alpha value is -2.67. The van der Waals surface area contributed by atoms with E-state index in [1.165, 1.54) is 25.6 Å². The fourth-order valence-electron chi connectivity index (χ4n) is 1.71. The van der Waals surface area contributed by atoms with E-state index in [0.29, 0.717) is 22.2 Å². The van der Waals surface area contributed by atoms with E-state index in [-0.39, 0.29) is 18.2 Å². The second-order valence-corrected chi connectivity index (χ2v) is 6.25. The first-order valence-electron chi connectivity index (χ1n) is 8.26. The van der Waals surface area contributed by atoms with Crippen LogP contribution in [-0.4, -0.2) is 41.2 Å². The SMILES string of the molecule is CC(C)OC(=O)c1ccc(OC(C)C)nc1.COC(=O)c1ccc(Cl)nc1. The van der Waals surface area contributed by atoms with E-state index in [1.807, 2.05) is 27.7 Å². The van der Waals surface area contributed by atoms with E-state index < -0.39 is 5.97 Å². The largest absolute Gasteiger partial charge is 0.475 e. The van der Waals surface area contributed by atoms with Crippen LogP contribution in [0.3, 0.4) is 0 Å². The molecule has 2 rings (SSSR count). The standard InChI is InChI=1S/C12H17NO3.C7H6ClNO2/c1-8(2)15-11-6-5-10(7-13-11)12(14)16-9(3)4;1-11-7(10)5-2-3-6(8)9-4-5/h5-9H,1-4H3;2-4H,1H3. The maximum Gasteiger partial charge on any atom is 0.339 e. The van der Waals surface area contributed by atoms with Crippen molar-refractivity contribution in [3.05, 3.63) is 52.9 Å². The molecule has 0 aliphatic heterocycles. The van der Waals surface area contributed by atoms with Gasteiger partial charge in [-0.3, -0.25) is 0 Å². The summed E-state index contributed by atoms with van der Waals surface area (Å²) >= 11 is 5.50. The van der Waals surface area contributed by atoms with Crippen LogP contribution in [0.25, 0.3) is 0 Å². The summed E-state index contributed by atoms with van der Waals surface area (Å²) in [4.78, 5) is 30.0. The molecule has 2 aromatic heterocycles. The third-order valence-electron chi connectivity index (χ3n) is 2.82. The van der Waals surface area contributed by atoms with Gasteiger partial charge in [-0.05, 0) is 45.9 Å². The van der Waals surface area contributed by atoms with E-state index in [9.17, 15) is 9.59 Å². The summed E-state index contributed by atoms with van der Waals surface area (Å²) in [7, 11) is 1.32. The molecule has 0 fully saturated rings. The molecule has 27 heavy (non-hydrogen) atoms. The predicted molar refractivity (Wildman–Crippen MR) is 101 cm³/mol. The fraction of sp³-hybridized carbons (Fsp3) is 0.368. The summed E-state index contributed by atoms with van der Waals surface area (Å²) in [6, 6.07) is 6.40. The molecule has 7 nitrogen and oxygen atoms in total. The molecule has 0 unspecified atom stereocenters. The Morgan fingerprint density at radius 2 is 1.48 bits per heavy atom. The summed E-state index contributed by atoms with van der Waals surface area (Å²) in [6.45, 7) is 7.45. The van der Waals surface area contributed by atoms with Crippen molar-refractivity contribution < 1.29 is 23.8 Å². The molecule has 0 atom stereocenters. The van der Waals surface area contributed by atoms with Gasteiger partial charge in [-0.15, -0.1) is 0 Å². The number of ether oxygens (including phenoxy) is 3. The number of nitrogens with zero attached hydrogens (tertiary/aromatic N) is 2. The van der Waals surface area contributed by atoms with Gasteiger partial charge in [0.2, 0.25) is 5.88 Å². The molecule has 0 N–H and O–H groups in total. The number of hydrogen-bond donors (Lipinski definition) is 0. The number of halogens is 1. The van der Waals surface area contributed by atoms with Crippen LogP contribution in [0, 0.1) is 0 Å². The smallest absolute Gasteiger partial charge is 0.339 e. The van der Waals surface area contributed by atoms with Crippen LogP contribution in [-0.2, 0) is 9.47 Å². The van der Waals surface area contributed by atoms with Crippen molar-refractivity contribution in [1.82, 2.24) is 9.97 Å². The molecule has 0 amide bonds. The minimum atomic E-state index is -0.408. The van der Waals surface area contributed by atoms with Crippen molar-refractivity contribution in [2.75, 3.05) is 7.11 Å². The van der Waals surface area contributed by atoms with Crippen LogP contribution in [0.15, 0.2) is 36.7 Å². The van der Waals surface area contributed by atoms with Crippen molar-refractivity contribution in [2.24, 2.45) is 0 Å². The van der Waals surface area contributed by atoms with Crippen molar-refractivity contribution in [1.29, 1.82) is 0 Å². The molecule has 0 aliphatic rings. The number of hydrogen-bond acceptors (Lipinski definition) is 7. The van der Waals surface area contributed by atoms with Crippen LogP contribution in [0.5, 0.6) is 5.88 Å². The lowest BCUT2D eigenvalue weighted by molar-refractivity contribution is 0.0377. The normalized spacial score (nSPS) is 10.1. The minimum Gasteiger partial charge on any atom is -0.475 e. The van der Waals surface area contributed by atoms with Gasteiger partial charge in [0.15, 0.2) is 0 Å². The summed E-state index contributed by atoms with van der Waals surface area (Å²) in [5.41, 5.74) is 0.835. The Kier molecular flexibility index (Phi) is 9.22. The Morgan fingerprint density at radius 3 is 1.93 bits per heavy atom. The molecule has 2 aromatic rings. The zero-order valence-electron chi connectivity index (χ0n) is 15.9. The number of methoxy groups -OCH3 is 1. The molecule has 0 aliphatic carbocycles. The lowest BCUT2D eigenvalue weighted by Gasteiger charge is -2.10. The predicted octanol–water partition coefficient (Wildman–Crippen LogP) is 3.96. The van der Waals surface area contributed by atoms with Crippen LogP contribution in [0.4, 0.5) is 0 Å². The van der Waals surface area contributed by atoms with E-state index in [4.69, 9.17) is 21.1 Å². The molecular formula is C19H23ClN2O5. The maximum atomic E-state index is 11.5. The molecule has 0 saturated heterocycles. The summed E-state index contributed by atoms with van der Waals surface area (Å²) in [5, 5.41) is 0.359. The number of carbonyl (C=O) groups is 2. The third-order valence-corrected chi connectivity index (χ3v) is 3.04. The topological polar surface area (TPSA) is 87.6 Å². The molecule has 146 valence electrons. The molecule has 0 aromatic carbocycles. The van der Waals surface area contributed by atoms with E-state index in [0.717, 1.165) is 0 Å². The molecule has 0 spiro atoms. The van der Waals surface area contributed by atoms with Gasteiger partial charge < -0.3 is 14.2 Å². The van der Waals surface area contributed by atoms with E-state index in [1.54, 1.807) is 18.2 Å². The lowest BCUT2D eigenvalue weighted by atomic mass is 10.3.